The third kappa shape index (κ3) is 4.61. The fourth-order valence-corrected chi connectivity index (χ4v) is 5.22. The highest BCUT2D eigenvalue weighted by molar-refractivity contribution is 5.82. The molecule has 1 heterocycles. The molecule has 1 atom stereocenters. The van der Waals surface area contributed by atoms with Gasteiger partial charge in [-0.2, -0.15) is 0 Å². The van der Waals surface area contributed by atoms with E-state index in [2.05, 4.69) is 17.2 Å². The number of nitrogens with one attached hydrogen (secondary N) is 1. The standard InChI is InChI=1S/C24H31FN2O2/c1-15(27-24(29)18-6-9-20(28)10-7-18)16-2-4-17(5-3-16)21-12-13-26-23-11-8-19(25)14-22(21)23/h8,11-18,20,28H,2-7,9-10H2,1H3,(H,27,29). The Bertz CT molecular complexity index is 855. The summed E-state index contributed by atoms with van der Waals surface area (Å²) in [4.78, 5) is 17.0. The number of aliphatic hydroxyl groups excluding tert-OH is 1. The minimum atomic E-state index is -0.232. The maximum Gasteiger partial charge on any atom is 0.223 e. The maximum atomic E-state index is 13.8. The molecule has 0 spiro atoms. The molecular formula is C24H31FN2O2. The van der Waals surface area contributed by atoms with Crippen molar-refractivity contribution < 1.29 is 14.3 Å². The van der Waals surface area contributed by atoms with Gasteiger partial charge in [-0.05, 0) is 100.0 Å². The van der Waals surface area contributed by atoms with Gasteiger partial charge in [0.15, 0.2) is 0 Å². The Hall–Kier alpha value is -2.01. The monoisotopic (exact) mass is 398 g/mol. The van der Waals surface area contributed by atoms with Crippen molar-refractivity contribution in [2.24, 2.45) is 11.8 Å². The van der Waals surface area contributed by atoms with Gasteiger partial charge in [0.05, 0.1) is 11.6 Å². The summed E-state index contributed by atoms with van der Waals surface area (Å²) in [6.07, 6.45) is 8.87. The van der Waals surface area contributed by atoms with Gasteiger partial charge < -0.3 is 10.4 Å². The Morgan fingerprint density at radius 3 is 2.55 bits per heavy atom. The fourth-order valence-electron chi connectivity index (χ4n) is 5.22. The van der Waals surface area contributed by atoms with Crippen LogP contribution >= 0.6 is 0 Å². The lowest BCUT2D eigenvalue weighted by molar-refractivity contribution is -0.127. The molecular weight excluding hydrogens is 367 g/mol. The molecule has 1 amide bonds. The van der Waals surface area contributed by atoms with E-state index in [0.29, 0.717) is 11.8 Å². The number of halogens is 1. The van der Waals surface area contributed by atoms with Gasteiger partial charge >= 0.3 is 0 Å². The van der Waals surface area contributed by atoms with E-state index in [-0.39, 0.29) is 29.8 Å². The number of nitrogens with zero attached hydrogens (tertiary/aromatic N) is 1. The van der Waals surface area contributed by atoms with Crippen LogP contribution in [0.4, 0.5) is 4.39 Å². The average Bonchev–Trinajstić information content (AvgIpc) is 2.74. The number of aliphatic hydroxyl groups is 1. The number of amides is 1. The quantitative estimate of drug-likeness (QED) is 0.784. The number of pyridine rings is 1. The molecule has 0 aliphatic heterocycles. The van der Waals surface area contributed by atoms with Gasteiger partial charge in [0.1, 0.15) is 5.82 Å². The van der Waals surface area contributed by atoms with Crippen LogP contribution in [0.25, 0.3) is 10.9 Å². The van der Waals surface area contributed by atoms with Crippen LogP contribution in [0.5, 0.6) is 0 Å². The van der Waals surface area contributed by atoms with Crippen molar-refractivity contribution in [3.05, 3.63) is 41.8 Å². The van der Waals surface area contributed by atoms with Crippen molar-refractivity contribution in [1.82, 2.24) is 10.3 Å². The van der Waals surface area contributed by atoms with Gasteiger partial charge in [-0.25, -0.2) is 4.39 Å². The number of hydrogen-bond donors (Lipinski definition) is 2. The van der Waals surface area contributed by atoms with Crippen molar-refractivity contribution in [3.63, 3.8) is 0 Å². The molecule has 4 rings (SSSR count). The predicted molar refractivity (Wildman–Crippen MR) is 112 cm³/mol. The Morgan fingerprint density at radius 1 is 1.10 bits per heavy atom. The molecule has 1 aromatic heterocycles. The number of carbonyl (C=O) groups excluding carboxylic acids is 1. The van der Waals surface area contributed by atoms with Crippen molar-refractivity contribution >= 4 is 16.8 Å². The zero-order valence-corrected chi connectivity index (χ0v) is 17.1. The number of aromatic nitrogens is 1. The second-order valence-electron chi connectivity index (χ2n) is 8.98. The zero-order chi connectivity index (χ0) is 20.4. The van der Waals surface area contributed by atoms with Crippen LogP contribution < -0.4 is 5.32 Å². The summed E-state index contributed by atoms with van der Waals surface area (Å²) in [5.41, 5.74) is 2.05. The zero-order valence-electron chi connectivity index (χ0n) is 17.1. The van der Waals surface area contributed by atoms with Gasteiger partial charge in [0.25, 0.3) is 0 Å². The smallest absolute Gasteiger partial charge is 0.223 e. The number of carbonyl (C=O) groups is 1. The Morgan fingerprint density at radius 2 is 1.83 bits per heavy atom. The highest BCUT2D eigenvalue weighted by Gasteiger charge is 2.30. The van der Waals surface area contributed by atoms with Crippen molar-refractivity contribution in [2.75, 3.05) is 0 Å². The largest absolute Gasteiger partial charge is 0.393 e. The minimum absolute atomic E-state index is 0.0512. The predicted octanol–water partition coefficient (Wildman–Crippen LogP) is 4.70. The van der Waals surface area contributed by atoms with Gasteiger partial charge in [-0.15, -0.1) is 0 Å². The number of hydrogen-bond acceptors (Lipinski definition) is 3. The van der Waals surface area contributed by atoms with E-state index in [0.717, 1.165) is 62.3 Å². The van der Waals surface area contributed by atoms with Gasteiger partial charge in [0.2, 0.25) is 5.91 Å². The molecule has 2 aliphatic carbocycles. The summed E-state index contributed by atoms with van der Waals surface area (Å²) < 4.78 is 13.8. The third-order valence-corrected chi connectivity index (χ3v) is 7.09. The lowest BCUT2D eigenvalue weighted by Crippen LogP contribution is -2.43. The molecule has 5 heteroatoms. The van der Waals surface area contributed by atoms with E-state index in [1.807, 2.05) is 12.3 Å². The fraction of sp³-hybridized carbons (Fsp3) is 0.583. The average molecular weight is 399 g/mol. The molecule has 2 aliphatic rings. The summed E-state index contributed by atoms with van der Waals surface area (Å²) in [7, 11) is 0. The molecule has 0 bridgehead atoms. The van der Waals surface area contributed by atoms with E-state index >= 15 is 0 Å². The van der Waals surface area contributed by atoms with E-state index in [9.17, 15) is 14.3 Å². The summed E-state index contributed by atoms with van der Waals surface area (Å²) in [5.74, 6) is 0.889. The first kappa shape index (κ1) is 20.3. The van der Waals surface area contributed by atoms with E-state index in [1.54, 1.807) is 12.1 Å². The topological polar surface area (TPSA) is 62.2 Å². The first-order valence-electron chi connectivity index (χ1n) is 11.0. The van der Waals surface area contributed by atoms with Crippen LogP contribution in [0.3, 0.4) is 0 Å². The first-order chi connectivity index (χ1) is 14.0. The number of rotatable bonds is 4. The van der Waals surface area contributed by atoms with Crippen LogP contribution in [0.2, 0.25) is 0 Å². The normalized spacial score (nSPS) is 28.8. The molecule has 2 fully saturated rings. The Kier molecular flexibility index (Phi) is 6.14. The highest BCUT2D eigenvalue weighted by Crippen LogP contribution is 2.39. The van der Waals surface area contributed by atoms with Crippen molar-refractivity contribution in [3.8, 4) is 0 Å². The highest BCUT2D eigenvalue weighted by atomic mass is 19.1. The first-order valence-corrected chi connectivity index (χ1v) is 11.0. The molecule has 156 valence electrons. The van der Waals surface area contributed by atoms with Crippen molar-refractivity contribution in [1.29, 1.82) is 0 Å². The molecule has 4 nitrogen and oxygen atoms in total. The Labute approximate surface area is 171 Å². The van der Waals surface area contributed by atoms with Crippen LogP contribution in [0.15, 0.2) is 30.5 Å². The minimum Gasteiger partial charge on any atom is -0.393 e. The summed E-state index contributed by atoms with van der Waals surface area (Å²) in [6.45, 7) is 2.12. The lowest BCUT2D eigenvalue weighted by Gasteiger charge is -2.34. The van der Waals surface area contributed by atoms with Gasteiger partial charge in [-0.3, -0.25) is 9.78 Å². The molecule has 2 aromatic rings. The molecule has 1 aromatic carbocycles. The summed E-state index contributed by atoms with van der Waals surface area (Å²) >= 11 is 0. The van der Waals surface area contributed by atoms with Gasteiger partial charge in [-0.1, -0.05) is 0 Å². The third-order valence-electron chi connectivity index (χ3n) is 7.09. The molecule has 0 radical (unpaired) electrons. The molecule has 2 saturated carbocycles. The van der Waals surface area contributed by atoms with E-state index < -0.39 is 0 Å². The summed E-state index contributed by atoms with van der Waals surface area (Å²) in [6, 6.07) is 7.03. The molecule has 1 unspecified atom stereocenters. The second kappa shape index (κ2) is 8.78. The SMILES string of the molecule is CC(NC(=O)C1CCC(O)CC1)C1CCC(c2ccnc3ccc(F)cc23)CC1. The van der Waals surface area contributed by atoms with Crippen LogP contribution in [0, 0.1) is 17.7 Å². The second-order valence-corrected chi connectivity index (χ2v) is 8.98. The number of fused-ring (bicyclic) bond motifs is 1. The van der Waals surface area contributed by atoms with E-state index in [1.165, 1.54) is 11.6 Å². The van der Waals surface area contributed by atoms with E-state index in [4.69, 9.17) is 0 Å². The molecule has 0 saturated heterocycles. The van der Waals surface area contributed by atoms with Crippen LogP contribution in [-0.2, 0) is 4.79 Å². The molecule has 29 heavy (non-hydrogen) atoms. The lowest BCUT2D eigenvalue weighted by atomic mass is 9.75. The Balaban J connectivity index is 1.35. The number of benzene rings is 1. The van der Waals surface area contributed by atoms with Crippen LogP contribution in [-0.4, -0.2) is 28.1 Å². The van der Waals surface area contributed by atoms with Gasteiger partial charge in [0, 0.05) is 23.5 Å². The molecule has 2 N–H and O–H groups in total. The summed E-state index contributed by atoms with van der Waals surface area (Å²) in [5, 5.41) is 13.8. The van der Waals surface area contributed by atoms with Crippen LogP contribution in [0.1, 0.15) is 69.8 Å². The maximum absolute atomic E-state index is 13.8. The van der Waals surface area contributed by atoms with Crippen molar-refractivity contribution in [2.45, 2.75) is 76.4 Å².